The van der Waals surface area contributed by atoms with Gasteiger partial charge in [0.2, 0.25) is 15.9 Å². The van der Waals surface area contributed by atoms with Crippen LogP contribution in [0.5, 0.6) is 0 Å². The summed E-state index contributed by atoms with van der Waals surface area (Å²) in [7, 11) is -2.22. The van der Waals surface area contributed by atoms with Gasteiger partial charge < -0.3 is 10.1 Å². The summed E-state index contributed by atoms with van der Waals surface area (Å²) in [4.78, 5) is 23.6. The highest BCUT2D eigenvalue weighted by molar-refractivity contribution is 7.88. The number of rotatable bonds is 7. The lowest BCUT2D eigenvalue weighted by Gasteiger charge is -2.25. The first-order chi connectivity index (χ1) is 10.7. The summed E-state index contributed by atoms with van der Waals surface area (Å²) in [6, 6.07) is 5.96. The van der Waals surface area contributed by atoms with Crippen molar-refractivity contribution in [3.05, 3.63) is 29.8 Å². The number of benzene rings is 1. The van der Waals surface area contributed by atoms with Gasteiger partial charge in [-0.05, 0) is 31.5 Å². The summed E-state index contributed by atoms with van der Waals surface area (Å²) < 4.78 is 29.3. The molecule has 23 heavy (non-hydrogen) atoms. The predicted octanol–water partition coefficient (Wildman–Crippen LogP) is 1.47. The fourth-order valence-electron chi connectivity index (χ4n) is 1.99. The third-order valence-corrected chi connectivity index (χ3v) is 4.72. The third kappa shape index (κ3) is 5.65. The zero-order valence-electron chi connectivity index (χ0n) is 13.7. The molecule has 0 radical (unpaired) electrons. The number of carbonyl (C=O) groups excluding carboxylic acids is 2. The van der Waals surface area contributed by atoms with Gasteiger partial charge in [0.15, 0.2) is 0 Å². The molecule has 0 aliphatic carbocycles. The Morgan fingerprint density at radius 3 is 2.52 bits per heavy atom. The lowest BCUT2D eigenvalue weighted by molar-refractivity contribution is -0.116. The number of nitrogens with one attached hydrogen (secondary N) is 1. The summed E-state index contributed by atoms with van der Waals surface area (Å²) in [6.45, 7) is 3.31. The van der Waals surface area contributed by atoms with Crippen LogP contribution in [-0.2, 0) is 19.6 Å². The molecule has 0 aliphatic heterocycles. The molecular weight excluding hydrogens is 320 g/mol. The number of ether oxygens (including phenoxy) is 1. The van der Waals surface area contributed by atoms with Crippen LogP contribution in [0, 0.1) is 0 Å². The van der Waals surface area contributed by atoms with Gasteiger partial charge in [-0.25, -0.2) is 13.2 Å². The predicted molar refractivity (Wildman–Crippen MR) is 87.7 cm³/mol. The van der Waals surface area contributed by atoms with Gasteiger partial charge in [0.25, 0.3) is 0 Å². The molecule has 0 aliphatic rings. The van der Waals surface area contributed by atoms with E-state index in [1.807, 2.05) is 6.92 Å². The van der Waals surface area contributed by atoms with Gasteiger partial charge >= 0.3 is 5.97 Å². The summed E-state index contributed by atoms with van der Waals surface area (Å²) >= 11 is 0. The van der Waals surface area contributed by atoms with E-state index >= 15 is 0 Å². The lowest BCUT2D eigenvalue weighted by Crippen LogP contribution is -2.42. The number of nitrogens with zero attached hydrogens (tertiary/aromatic N) is 1. The quantitative estimate of drug-likeness (QED) is 0.758. The minimum atomic E-state index is -3.49. The van der Waals surface area contributed by atoms with Gasteiger partial charge in [-0.15, -0.1) is 0 Å². The van der Waals surface area contributed by atoms with Gasteiger partial charge in [0.05, 0.1) is 25.5 Å². The van der Waals surface area contributed by atoms with Crippen LogP contribution in [0.15, 0.2) is 24.3 Å². The topological polar surface area (TPSA) is 92.8 Å². The van der Waals surface area contributed by atoms with Crippen LogP contribution >= 0.6 is 0 Å². The number of hydrogen-bond acceptors (Lipinski definition) is 5. The van der Waals surface area contributed by atoms with E-state index in [0.717, 1.165) is 10.6 Å². The van der Waals surface area contributed by atoms with E-state index in [-0.39, 0.29) is 12.6 Å². The number of hydrogen-bond donors (Lipinski definition) is 1. The molecule has 0 bridgehead atoms. The zero-order valence-corrected chi connectivity index (χ0v) is 14.5. The Balaban J connectivity index is 2.85. The molecule has 7 nitrogen and oxygen atoms in total. The molecule has 1 N–H and O–H groups in total. The standard InChI is InChI=1S/C15H22N2O5S/c1-5-11(2)17(23(4,20)21)10-14(18)16-13-8-6-7-12(9-13)15(19)22-3/h6-9,11H,5,10H2,1-4H3,(H,16,18). The maximum Gasteiger partial charge on any atom is 0.337 e. The monoisotopic (exact) mass is 342 g/mol. The fraction of sp³-hybridized carbons (Fsp3) is 0.467. The van der Waals surface area contributed by atoms with E-state index in [9.17, 15) is 18.0 Å². The summed E-state index contributed by atoms with van der Waals surface area (Å²) in [6.07, 6.45) is 1.67. The van der Waals surface area contributed by atoms with E-state index in [2.05, 4.69) is 10.1 Å². The van der Waals surface area contributed by atoms with E-state index in [1.54, 1.807) is 25.1 Å². The van der Waals surface area contributed by atoms with Gasteiger partial charge in [-0.1, -0.05) is 13.0 Å². The molecule has 0 saturated carbocycles. The Labute approximate surface area is 136 Å². The molecule has 1 aromatic rings. The van der Waals surface area contributed by atoms with Crippen LogP contribution in [0.25, 0.3) is 0 Å². The number of sulfonamides is 1. The molecule has 8 heteroatoms. The van der Waals surface area contributed by atoms with Crippen molar-refractivity contribution in [1.82, 2.24) is 4.31 Å². The first kappa shape index (κ1) is 19.1. The Hall–Kier alpha value is -1.93. The van der Waals surface area contributed by atoms with Crippen molar-refractivity contribution in [1.29, 1.82) is 0 Å². The van der Waals surface area contributed by atoms with Crippen molar-refractivity contribution in [2.24, 2.45) is 0 Å². The second-order valence-electron chi connectivity index (χ2n) is 5.19. The molecule has 0 spiro atoms. The van der Waals surface area contributed by atoms with E-state index in [0.29, 0.717) is 17.7 Å². The average Bonchev–Trinajstić information content (AvgIpc) is 2.50. The minimum Gasteiger partial charge on any atom is -0.465 e. The number of carbonyl (C=O) groups is 2. The second-order valence-corrected chi connectivity index (χ2v) is 7.12. The smallest absolute Gasteiger partial charge is 0.337 e. The van der Waals surface area contributed by atoms with Crippen molar-refractivity contribution in [2.75, 3.05) is 25.2 Å². The number of esters is 1. The highest BCUT2D eigenvalue weighted by Crippen LogP contribution is 2.13. The molecule has 1 aromatic carbocycles. The molecule has 0 saturated heterocycles. The number of methoxy groups -OCH3 is 1. The van der Waals surface area contributed by atoms with Crippen LogP contribution < -0.4 is 5.32 Å². The van der Waals surface area contributed by atoms with Crippen molar-refractivity contribution >= 4 is 27.6 Å². The Kier molecular flexibility index (Phi) is 6.71. The van der Waals surface area contributed by atoms with Crippen LogP contribution in [0.1, 0.15) is 30.6 Å². The summed E-state index contributed by atoms with van der Waals surface area (Å²) in [5.74, 6) is -0.990. The highest BCUT2D eigenvalue weighted by Gasteiger charge is 2.24. The molecule has 1 rings (SSSR count). The SMILES string of the molecule is CCC(C)N(CC(=O)Nc1cccc(C(=O)OC)c1)S(C)(=O)=O. The average molecular weight is 342 g/mol. The molecule has 128 valence electrons. The first-order valence-electron chi connectivity index (χ1n) is 7.14. The van der Waals surface area contributed by atoms with Crippen molar-refractivity contribution in [2.45, 2.75) is 26.3 Å². The Bertz CT molecular complexity index is 672. The van der Waals surface area contributed by atoms with Crippen LogP contribution in [-0.4, -0.2) is 50.6 Å². The lowest BCUT2D eigenvalue weighted by atomic mass is 10.2. The number of amides is 1. The number of anilines is 1. The summed E-state index contributed by atoms with van der Waals surface area (Å²) in [5, 5.41) is 2.59. The Morgan fingerprint density at radius 1 is 1.35 bits per heavy atom. The van der Waals surface area contributed by atoms with E-state index in [4.69, 9.17) is 0 Å². The van der Waals surface area contributed by atoms with E-state index < -0.39 is 21.9 Å². The molecule has 0 aromatic heterocycles. The molecule has 1 unspecified atom stereocenters. The van der Waals surface area contributed by atoms with Crippen molar-refractivity contribution in [3.8, 4) is 0 Å². The van der Waals surface area contributed by atoms with Crippen molar-refractivity contribution < 1.29 is 22.7 Å². The maximum absolute atomic E-state index is 12.1. The van der Waals surface area contributed by atoms with Crippen molar-refractivity contribution in [3.63, 3.8) is 0 Å². The second kappa shape index (κ2) is 8.07. The van der Waals surface area contributed by atoms with Gasteiger partial charge in [0, 0.05) is 11.7 Å². The zero-order chi connectivity index (χ0) is 17.6. The maximum atomic E-state index is 12.1. The van der Waals surface area contributed by atoms with Crippen LogP contribution in [0.4, 0.5) is 5.69 Å². The molecule has 1 amide bonds. The molecule has 0 heterocycles. The minimum absolute atomic E-state index is 0.280. The van der Waals surface area contributed by atoms with Gasteiger partial charge in [-0.3, -0.25) is 4.79 Å². The molecule has 1 atom stereocenters. The highest BCUT2D eigenvalue weighted by atomic mass is 32.2. The summed E-state index contributed by atoms with van der Waals surface area (Å²) in [5.41, 5.74) is 0.697. The molecule has 0 fully saturated rings. The van der Waals surface area contributed by atoms with Crippen LogP contribution in [0.3, 0.4) is 0 Å². The van der Waals surface area contributed by atoms with Gasteiger partial charge in [0.1, 0.15) is 0 Å². The Morgan fingerprint density at radius 2 is 2.00 bits per heavy atom. The first-order valence-corrected chi connectivity index (χ1v) is 8.99. The fourth-order valence-corrected chi connectivity index (χ4v) is 3.14. The molecular formula is C15H22N2O5S. The van der Waals surface area contributed by atoms with Gasteiger partial charge in [-0.2, -0.15) is 4.31 Å². The van der Waals surface area contributed by atoms with Crippen LogP contribution in [0.2, 0.25) is 0 Å². The third-order valence-electron chi connectivity index (χ3n) is 3.38. The van der Waals surface area contributed by atoms with E-state index in [1.165, 1.54) is 13.2 Å². The normalized spacial score (nSPS) is 12.7. The largest absolute Gasteiger partial charge is 0.465 e.